The minimum atomic E-state index is -4.74. The van der Waals surface area contributed by atoms with Crippen LogP contribution in [0.15, 0.2) is 46.7 Å². The third-order valence-corrected chi connectivity index (χ3v) is 6.93. The zero-order valence-electron chi connectivity index (χ0n) is 17.4. The summed E-state index contributed by atoms with van der Waals surface area (Å²) < 4.78 is 65.1. The van der Waals surface area contributed by atoms with Gasteiger partial charge in [-0.25, -0.2) is 23.4 Å². The number of piperazine rings is 1. The van der Waals surface area contributed by atoms with E-state index >= 15 is 0 Å². The van der Waals surface area contributed by atoms with Gasteiger partial charge in [0, 0.05) is 49.7 Å². The minimum Gasteiger partial charge on any atom is -0.384 e. The van der Waals surface area contributed by atoms with Crippen molar-refractivity contribution in [1.29, 1.82) is 0 Å². The second-order valence-electron chi connectivity index (χ2n) is 7.45. The molecule has 0 spiro atoms. The fourth-order valence-electron chi connectivity index (χ4n) is 3.29. The summed E-state index contributed by atoms with van der Waals surface area (Å²) in [5.41, 5.74) is 5.65. The molecule has 3 heterocycles. The number of hydrogen-bond donors (Lipinski definition) is 2. The molecule has 3 N–H and O–H groups in total. The van der Waals surface area contributed by atoms with Crippen LogP contribution in [-0.4, -0.2) is 70.7 Å². The van der Waals surface area contributed by atoms with Crippen molar-refractivity contribution in [2.45, 2.75) is 36.6 Å². The Labute approximate surface area is 193 Å². The molecule has 0 saturated carbocycles. The molecule has 2 atom stereocenters. The number of nitrogen functional groups attached to an aromatic ring is 1. The standard InChI is InChI=1S/C19H22ClF3N6O3S/c1-12(20)6-14-11-28(33(31,32)15-2-3-17(24)25-10-15)4-5-29(14)18-26-8-13(9-27-18)7-16(30)19(21,22)23/h2-3,6,8-10,14,16,30H,4-5,7,11H2,1H3,(H2,24,25)/b12-6+/t14-,16?/m0/s1. The number of nitrogens with zero attached hydrogens (tertiary/aromatic N) is 5. The summed E-state index contributed by atoms with van der Waals surface area (Å²) in [6, 6.07) is 2.24. The van der Waals surface area contributed by atoms with Gasteiger partial charge in [-0.05, 0) is 30.7 Å². The van der Waals surface area contributed by atoms with Gasteiger partial charge in [0.15, 0.2) is 6.10 Å². The lowest BCUT2D eigenvalue weighted by atomic mass is 10.1. The summed E-state index contributed by atoms with van der Waals surface area (Å²) in [7, 11) is -3.85. The van der Waals surface area contributed by atoms with Crippen molar-refractivity contribution in [3.63, 3.8) is 0 Å². The van der Waals surface area contributed by atoms with Crippen molar-refractivity contribution in [2.24, 2.45) is 0 Å². The van der Waals surface area contributed by atoms with Crippen LogP contribution >= 0.6 is 11.6 Å². The molecule has 0 amide bonds. The zero-order valence-corrected chi connectivity index (χ0v) is 19.0. The van der Waals surface area contributed by atoms with Crippen LogP contribution in [0.25, 0.3) is 0 Å². The summed E-state index contributed by atoms with van der Waals surface area (Å²) in [4.78, 5) is 13.8. The van der Waals surface area contributed by atoms with E-state index in [0.29, 0.717) is 5.03 Å². The van der Waals surface area contributed by atoms with Gasteiger partial charge in [0.1, 0.15) is 10.7 Å². The molecule has 1 unspecified atom stereocenters. The molecular weight excluding hydrogens is 485 g/mol. The van der Waals surface area contributed by atoms with E-state index in [-0.39, 0.29) is 41.9 Å². The molecule has 0 aromatic carbocycles. The third-order valence-electron chi connectivity index (χ3n) is 4.96. The molecule has 2 aromatic heterocycles. The number of alkyl halides is 3. The van der Waals surface area contributed by atoms with Crippen molar-refractivity contribution in [2.75, 3.05) is 30.3 Å². The van der Waals surface area contributed by atoms with Gasteiger partial charge >= 0.3 is 6.18 Å². The molecule has 0 aliphatic carbocycles. The Balaban J connectivity index is 1.80. The van der Waals surface area contributed by atoms with Crippen LogP contribution in [-0.2, 0) is 16.4 Å². The van der Waals surface area contributed by atoms with Crippen molar-refractivity contribution in [3.05, 3.63) is 47.4 Å². The van der Waals surface area contributed by atoms with Gasteiger partial charge in [0.05, 0.1) is 6.04 Å². The van der Waals surface area contributed by atoms with E-state index in [9.17, 15) is 26.7 Å². The quantitative estimate of drug-likeness (QED) is 0.609. The predicted molar refractivity (Wildman–Crippen MR) is 116 cm³/mol. The summed E-state index contributed by atoms with van der Waals surface area (Å²) in [5, 5.41) is 9.65. The molecule has 1 saturated heterocycles. The Morgan fingerprint density at radius 2 is 1.94 bits per heavy atom. The van der Waals surface area contributed by atoms with Gasteiger partial charge in [-0.2, -0.15) is 17.5 Å². The molecule has 1 fully saturated rings. The van der Waals surface area contributed by atoms with Gasteiger partial charge in [0.2, 0.25) is 16.0 Å². The summed E-state index contributed by atoms with van der Waals surface area (Å²) in [6.07, 6.45) is -2.69. The summed E-state index contributed by atoms with van der Waals surface area (Å²) in [6.45, 7) is 1.99. The third kappa shape index (κ3) is 6.10. The van der Waals surface area contributed by atoms with Crippen LogP contribution in [0.4, 0.5) is 24.9 Å². The van der Waals surface area contributed by atoms with E-state index in [1.807, 2.05) is 0 Å². The van der Waals surface area contributed by atoms with E-state index in [1.165, 1.54) is 35.0 Å². The van der Waals surface area contributed by atoms with Gasteiger partial charge in [0.25, 0.3) is 0 Å². The first-order chi connectivity index (χ1) is 15.4. The molecule has 0 bridgehead atoms. The topological polar surface area (TPSA) is 126 Å². The summed E-state index contributed by atoms with van der Waals surface area (Å²) in [5.74, 6) is 0.395. The number of pyridine rings is 1. The molecule has 2 aromatic rings. The Hall–Kier alpha value is -2.48. The van der Waals surface area contributed by atoms with E-state index < -0.39 is 34.8 Å². The van der Waals surface area contributed by atoms with Crippen LogP contribution in [0.3, 0.4) is 0 Å². The highest BCUT2D eigenvalue weighted by molar-refractivity contribution is 7.89. The second-order valence-corrected chi connectivity index (χ2v) is 9.98. The van der Waals surface area contributed by atoms with Crippen molar-refractivity contribution >= 4 is 33.4 Å². The average Bonchev–Trinajstić information content (AvgIpc) is 2.73. The normalized spacial score (nSPS) is 19.5. The molecule has 3 rings (SSSR count). The van der Waals surface area contributed by atoms with E-state index in [0.717, 1.165) is 0 Å². The van der Waals surface area contributed by atoms with Crippen molar-refractivity contribution < 1.29 is 26.7 Å². The predicted octanol–water partition coefficient (Wildman–Crippen LogP) is 1.94. The Morgan fingerprint density at radius 3 is 2.48 bits per heavy atom. The largest absolute Gasteiger partial charge is 0.414 e. The smallest absolute Gasteiger partial charge is 0.384 e. The van der Waals surface area contributed by atoms with Gasteiger partial charge < -0.3 is 15.7 Å². The maximum atomic E-state index is 13.0. The Bertz CT molecular complexity index is 1090. The number of sulfonamides is 1. The first kappa shape index (κ1) is 25.1. The lowest BCUT2D eigenvalue weighted by molar-refractivity contribution is -0.203. The zero-order chi connectivity index (χ0) is 24.4. The number of aliphatic hydroxyl groups excluding tert-OH is 1. The number of nitrogens with two attached hydrogens (primary N) is 1. The van der Waals surface area contributed by atoms with Crippen molar-refractivity contribution in [3.8, 4) is 0 Å². The number of aliphatic hydroxyl groups is 1. The monoisotopic (exact) mass is 506 g/mol. The molecular formula is C19H22ClF3N6O3S. The van der Waals surface area contributed by atoms with Crippen LogP contribution in [0.1, 0.15) is 12.5 Å². The Kier molecular flexibility index (Phi) is 7.46. The maximum absolute atomic E-state index is 13.0. The number of aromatic nitrogens is 3. The van der Waals surface area contributed by atoms with Crippen LogP contribution in [0, 0.1) is 0 Å². The van der Waals surface area contributed by atoms with Crippen LogP contribution < -0.4 is 10.6 Å². The molecule has 33 heavy (non-hydrogen) atoms. The molecule has 1 aliphatic heterocycles. The second kappa shape index (κ2) is 9.79. The number of halogens is 4. The highest BCUT2D eigenvalue weighted by atomic mass is 35.5. The number of anilines is 2. The van der Waals surface area contributed by atoms with Gasteiger partial charge in [-0.1, -0.05) is 11.6 Å². The van der Waals surface area contributed by atoms with Crippen molar-refractivity contribution in [1.82, 2.24) is 19.3 Å². The average molecular weight is 507 g/mol. The maximum Gasteiger partial charge on any atom is 0.414 e. The Morgan fingerprint density at radius 1 is 1.27 bits per heavy atom. The number of allylic oxidation sites excluding steroid dienone is 1. The van der Waals surface area contributed by atoms with E-state index in [4.69, 9.17) is 17.3 Å². The lowest BCUT2D eigenvalue weighted by Crippen LogP contribution is -2.54. The fourth-order valence-corrected chi connectivity index (χ4v) is 4.83. The highest BCUT2D eigenvalue weighted by Crippen LogP contribution is 2.26. The molecule has 14 heteroatoms. The van der Waals surface area contributed by atoms with Crippen LogP contribution in [0.5, 0.6) is 0 Å². The minimum absolute atomic E-state index is 0.000648. The lowest BCUT2D eigenvalue weighted by Gasteiger charge is -2.39. The number of rotatable bonds is 6. The highest BCUT2D eigenvalue weighted by Gasteiger charge is 2.38. The molecule has 180 valence electrons. The van der Waals surface area contributed by atoms with Gasteiger partial charge in [-0.3, -0.25) is 0 Å². The molecule has 9 nitrogen and oxygen atoms in total. The SMILES string of the molecule is C/C(Cl)=C\[C@H]1CN(S(=O)(=O)c2ccc(N)nc2)CCN1c1ncc(CC(O)C(F)(F)F)cn1. The first-order valence-electron chi connectivity index (χ1n) is 9.76. The molecule has 1 aliphatic rings. The van der Waals surface area contributed by atoms with Gasteiger partial charge in [-0.15, -0.1) is 0 Å². The fraction of sp³-hybridized carbons (Fsp3) is 0.421. The summed E-state index contributed by atoms with van der Waals surface area (Å²) >= 11 is 6.05. The first-order valence-corrected chi connectivity index (χ1v) is 11.6. The van der Waals surface area contributed by atoms with E-state index in [2.05, 4.69) is 15.0 Å². The van der Waals surface area contributed by atoms with E-state index in [1.54, 1.807) is 17.9 Å². The number of hydrogen-bond acceptors (Lipinski definition) is 8. The molecule has 0 radical (unpaired) electrons. The van der Waals surface area contributed by atoms with Crippen LogP contribution in [0.2, 0.25) is 0 Å².